The van der Waals surface area contributed by atoms with Gasteiger partial charge in [0.2, 0.25) is 0 Å². The maximum atomic E-state index is 10.4. The standard InChI is InChI=1S/C13H16O2/c1-13(2,9-8-12(14)15)10-11-6-4-3-5-7-11/h3-9H,10H2,1-2H3,(H,14,15). The Morgan fingerprint density at radius 1 is 1.33 bits per heavy atom. The van der Waals surface area contributed by atoms with Crippen LogP contribution in [0.5, 0.6) is 0 Å². The second-order valence-electron chi connectivity index (χ2n) is 4.32. The highest BCUT2D eigenvalue weighted by Crippen LogP contribution is 2.23. The third kappa shape index (κ3) is 4.45. The molecule has 0 unspecified atom stereocenters. The van der Waals surface area contributed by atoms with E-state index in [0.717, 1.165) is 6.42 Å². The van der Waals surface area contributed by atoms with Crippen molar-refractivity contribution in [3.8, 4) is 0 Å². The van der Waals surface area contributed by atoms with Gasteiger partial charge in [-0.25, -0.2) is 4.79 Å². The van der Waals surface area contributed by atoms with Gasteiger partial charge in [-0.05, 0) is 17.4 Å². The Hall–Kier alpha value is -1.57. The van der Waals surface area contributed by atoms with E-state index < -0.39 is 5.97 Å². The van der Waals surface area contributed by atoms with Gasteiger partial charge in [-0.1, -0.05) is 50.3 Å². The Labute approximate surface area is 90.3 Å². The number of hydrogen-bond acceptors (Lipinski definition) is 1. The molecule has 0 saturated heterocycles. The van der Waals surface area contributed by atoms with Crippen molar-refractivity contribution in [2.75, 3.05) is 0 Å². The van der Waals surface area contributed by atoms with Gasteiger partial charge in [0.1, 0.15) is 0 Å². The van der Waals surface area contributed by atoms with Crippen LogP contribution in [0.25, 0.3) is 0 Å². The number of carboxylic acid groups (broad SMARTS) is 1. The molecular formula is C13H16O2. The molecule has 0 radical (unpaired) electrons. The van der Waals surface area contributed by atoms with Crippen molar-refractivity contribution in [1.82, 2.24) is 0 Å². The molecule has 0 heterocycles. The number of hydrogen-bond donors (Lipinski definition) is 1. The van der Waals surface area contributed by atoms with Crippen LogP contribution in [0.3, 0.4) is 0 Å². The predicted octanol–water partition coefficient (Wildman–Crippen LogP) is 2.90. The second-order valence-corrected chi connectivity index (χ2v) is 4.32. The lowest BCUT2D eigenvalue weighted by molar-refractivity contribution is -0.131. The minimum Gasteiger partial charge on any atom is -0.478 e. The molecule has 0 fully saturated rings. The third-order valence-electron chi connectivity index (χ3n) is 2.18. The molecule has 0 atom stereocenters. The second kappa shape index (κ2) is 4.78. The van der Waals surface area contributed by atoms with E-state index in [1.807, 2.05) is 32.0 Å². The van der Waals surface area contributed by atoms with Crippen LogP contribution in [0.2, 0.25) is 0 Å². The lowest BCUT2D eigenvalue weighted by atomic mass is 9.85. The third-order valence-corrected chi connectivity index (χ3v) is 2.18. The fourth-order valence-electron chi connectivity index (χ4n) is 1.48. The molecule has 1 N–H and O–H groups in total. The maximum Gasteiger partial charge on any atom is 0.327 e. The molecule has 0 bridgehead atoms. The van der Waals surface area contributed by atoms with E-state index >= 15 is 0 Å². The topological polar surface area (TPSA) is 37.3 Å². The highest BCUT2D eigenvalue weighted by Gasteiger charge is 2.14. The normalized spacial score (nSPS) is 11.9. The number of rotatable bonds is 4. The summed E-state index contributed by atoms with van der Waals surface area (Å²) in [5, 5.41) is 8.56. The van der Waals surface area contributed by atoms with E-state index in [4.69, 9.17) is 5.11 Å². The van der Waals surface area contributed by atoms with Crippen LogP contribution in [0, 0.1) is 5.41 Å². The highest BCUT2D eigenvalue weighted by atomic mass is 16.4. The van der Waals surface area contributed by atoms with Crippen LogP contribution in [0.15, 0.2) is 42.5 Å². The Morgan fingerprint density at radius 2 is 1.93 bits per heavy atom. The van der Waals surface area contributed by atoms with Gasteiger partial charge in [-0.2, -0.15) is 0 Å². The van der Waals surface area contributed by atoms with E-state index in [1.165, 1.54) is 11.6 Å². The van der Waals surface area contributed by atoms with Crippen molar-refractivity contribution in [3.05, 3.63) is 48.0 Å². The lowest BCUT2D eigenvalue weighted by Gasteiger charge is -2.19. The molecule has 0 amide bonds. The zero-order chi connectivity index (χ0) is 11.3. The molecule has 1 rings (SSSR count). The zero-order valence-corrected chi connectivity index (χ0v) is 9.10. The SMILES string of the molecule is CC(C)(C=CC(=O)O)Cc1ccccc1. The molecule has 80 valence electrons. The number of benzene rings is 1. The van der Waals surface area contributed by atoms with Crippen LogP contribution in [-0.2, 0) is 11.2 Å². The minimum atomic E-state index is -0.892. The Bertz CT molecular complexity index is 350. The number of carboxylic acids is 1. The zero-order valence-electron chi connectivity index (χ0n) is 9.10. The van der Waals surface area contributed by atoms with E-state index in [9.17, 15) is 4.79 Å². The van der Waals surface area contributed by atoms with Gasteiger partial charge in [0.05, 0.1) is 0 Å². The quantitative estimate of drug-likeness (QED) is 0.766. The Morgan fingerprint density at radius 3 is 2.47 bits per heavy atom. The summed E-state index contributed by atoms with van der Waals surface area (Å²) >= 11 is 0. The molecule has 0 aliphatic heterocycles. The molecule has 0 aliphatic rings. The van der Waals surface area contributed by atoms with Gasteiger partial charge in [-0.3, -0.25) is 0 Å². The van der Waals surface area contributed by atoms with E-state index in [0.29, 0.717) is 0 Å². The molecule has 15 heavy (non-hydrogen) atoms. The van der Waals surface area contributed by atoms with Crippen molar-refractivity contribution in [3.63, 3.8) is 0 Å². The molecule has 0 aliphatic carbocycles. The van der Waals surface area contributed by atoms with E-state index in [-0.39, 0.29) is 5.41 Å². The molecule has 0 aromatic heterocycles. The first-order chi connectivity index (χ1) is 6.99. The smallest absolute Gasteiger partial charge is 0.327 e. The van der Waals surface area contributed by atoms with Gasteiger partial charge in [0.25, 0.3) is 0 Å². The molecule has 2 nitrogen and oxygen atoms in total. The summed E-state index contributed by atoms with van der Waals surface area (Å²) in [6.45, 7) is 4.05. The van der Waals surface area contributed by atoms with Crippen LogP contribution in [0.1, 0.15) is 19.4 Å². The molecule has 1 aromatic rings. The van der Waals surface area contributed by atoms with Crippen LogP contribution in [0.4, 0.5) is 0 Å². The fraction of sp³-hybridized carbons (Fsp3) is 0.308. The molecular weight excluding hydrogens is 188 g/mol. The van der Waals surface area contributed by atoms with Gasteiger partial charge in [-0.15, -0.1) is 0 Å². The monoisotopic (exact) mass is 204 g/mol. The first-order valence-corrected chi connectivity index (χ1v) is 4.96. The first-order valence-electron chi connectivity index (χ1n) is 4.96. The van der Waals surface area contributed by atoms with Crippen molar-refractivity contribution >= 4 is 5.97 Å². The van der Waals surface area contributed by atoms with E-state index in [2.05, 4.69) is 12.1 Å². The fourth-order valence-corrected chi connectivity index (χ4v) is 1.48. The van der Waals surface area contributed by atoms with Gasteiger partial charge in [0.15, 0.2) is 0 Å². The van der Waals surface area contributed by atoms with E-state index in [1.54, 1.807) is 6.08 Å². The number of aliphatic carboxylic acids is 1. The van der Waals surface area contributed by atoms with Gasteiger partial charge < -0.3 is 5.11 Å². The van der Waals surface area contributed by atoms with Crippen LogP contribution < -0.4 is 0 Å². The summed E-state index contributed by atoms with van der Waals surface area (Å²) in [4.78, 5) is 10.4. The molecule has 2 heteroatoms. The summed E-state index contributed by atoms with van der Waals surface area (Å²) in [5.41, 5.74) is 1.09. The van der Waals surface area contributed by atoms with Crippen molar-refractivity contribution in [2.24, 2.45) is 5.41 Å². The summed E-state index contributed by atoms with van der Waals surface area (Å²) in [7, 11) is 0. The average Bonchev–Trinajstić information content (AvgIpc) is 2.16. The van der Waals surface area contributed by atoms with Crippen LogP contribution in [-0.4, -0.2) is 11.1 Å². The number of allylic oxidation sites excluding steroid dienone is 1. The Balaban J connectivity index is 2.68. The maximum absolute atomic E-state index is 10.4. The highest BCUT2D eigenvalue weighted by molar-refractivity contribution is 5.79. The molecule has 1 aromatic carbocycles. The average molecular weight is 204 g/mol. The minimum absolute atomic E-state index is 0.125. The van der Waals surface area contributed by atoms with Gasteiger partial charge >= 0.3 is 5.97 Å². The van der Waals surface area contributed by atoms with Gasteiger partial charge in [0, 0.05) is 6.08 Å². The Kier molecular flexibility index (Phi) is 3.67. The first kappa shape index (κ1) is 11.5. The summed E-state index contributed by atoms with van der Waals surface area (Å²) < 4.78 is 0. The summed E-state index contributed by atoms with van der Waals surface area (Å²) in [5.74, 6) is -0.892. The van der Waals surface area contributed by atoms with Crippen molar-refractivity contribution < 1.29 is 9.90 Å². The molecule has 0 spiro atoms. The summed E-state index contributed by atoms with van der Waals surface area (Å²) in [6.07, 6.45) is 3.79. The van der Waals surface area contributed by atoms with Crippen LogP contribution >= 0.6 is 0 Å². The van der Waals surface area contributed by atoms with Crippen molar-refractivity contribution in [1.29, 1.82) is 0 Å². The lowest BCUT2D eigenvalue weighted by Crippen LogP contribution is -2.12. The largest absolute Gasteiger partial charge is 0.478 e. The van der Waals surface area contributed by atoms with Crippen molar-refractivity contribution in [2.45, 2.75) is 20.3 Å². The predicted molar refractivity (Wildman–Crippen MR) is 60.7 cm³/mol. The summed E-state index contributed by atoms with van der Waals surface area (Å²) in [6, 6.07) is 10.1. The molecule has 0 saturated carbocycles. The number of carbonyl (C=O) groups is 1.